The average molecular weight is 373 g/mol. The van der Waals surface area contributed by atoms with E-state index in [1.54, 1.807) is 0 Å². The lowest BCUT2D eigenvalue weighted by molar-refractivity contribution is 0.461. The van der Waals surface area contributed by atoms with Crippen LogP contribution in [0.2, 0.25) is 5.02 Å². The van der Waals surface area contributed by atoms with Crippen molar-refractivity contribution in [2.24, 2.45) is 0 Å². The second kappa shape index (κ2) is 7.25. The smallest absolute Gasteiger partial charge is 0.146 e. The second-order valence-electron chi connectivity index (χ2n) is 4.64. The second-order valence-corrected chi connectivity index (χ2v) is 5.96. The molecule has 0 amide bonds. The summed E-state index contributed by atoms with van der Waals surface area (Å²) in [6.07, 6.45) is 0. The van der Waals surface area contributed by atoms with E-state index in [0.717, 1.165) is 16.6 Å². The Bertz CT molecular complexity index is 636. The zero-order valence-corrected chi connectivity index (χ0v) is 14.1. The fraction of sp³-hybridized carbons (Fsp3) is 0.250. The van der Waals surface area contributed by atoms with Crippen molar-refractivity contribution in [2.75, 3.05) is 6.54 Å². The van der Waals surface area contributed by atoms with Crippen LogP contribution in [0.15, 0.2) is 40.9 Å². The minimum Gasteiger partial charge on any atom is -0.455 e. The largest absolute Gasteiger partial charge is 0.455 e. The van der Waals surface area contributed by atoms with Gasteiger partial charge in [-0.25, -0.2) is 4.39 Å². The van der Waals surface area contributed by atoms with E-state index >= 15 is 0 Å². The Labute approximate surface area is 137 Å². The number of hydrogen-bond donors (Lipinski definition) is 1. The first-order chi connectivity index (χ1) is 10.0. The topological polar surface area (TPSA) is 21.3 Å². The maximum absolute atomic E-state index is 13.1. The van der Waals surface area contributed by atoms with E-state index in [9.17, 15) is 4.39 Å². The molecule has 0 aliphatic carbocycles. The van der Waals surface area contributed by atoms with Crippen molar-refractivity contribution in [3.8, 4) is 11.5 Å². The summed E-state index contributed by atoms with van der Waals surface area (Å²) in [7, 11) is 0. The van der Waals surface area contributed by atoms with Crippen LogP contribution in [0.4, 0.5) is 4.39 Å². The van der Waals surface area contributed by atoms with Crippen LogP contribution in [0.5, 0.6) is 11.5 Å². The Morgan fingerprint density at radius 2 is 2.00 bits per heavy atom. The Balaban J connectivity index is 2.35. The fourth-order valence-corrected chi connectivity index (χ4v) is 2.59. The van der Waals surface area contributed by atoms with Crippen LogP contribution in [0, 0.1) is 5.82 Å². The van der Waals surface area contributed by atoms with Crippen LogP contribution in [0.1, 0.15) is 25.5 Å². The maximum Gasteiger partial charge on any atom is 0.146 e. The predicted octanol–water partition coefficient (Wildman–Crippen LogP) is 5.70. The van der Waals surface area contributed by atoms with Crippen LogP contribution in [-0.4, -0.2) is 6.54 Å². The third kappa shape index (κ3) is 4.19. The number of benzene rings is 2. The number of hydrogen-bond acceptors (Lipinski definition) is 2. The summed E-state index contributed by atoms with van der Waals surface area (Å²) in [4.78, 5) is 0. The number of ether oxygens (including phenoxy) is 1. The summed E-state index contributed by atoms with van der Waals surface area (Å²) in [6, 6.07) is 10.1. The predicted molar refractivity (Wildman–Crippen MR) is 87.7 cm³/mol. The molecule has 0 bridgehead atoms. The molecule has 0 aliphatic rings. The van der Waals surface area contributed by atoms with Gasteiger partial charge in [-0.15, -0.1) is 0 Å². The van der Waals surface area contributed by atoms with E-state index in [4.69, 9.17) is 16.3 Å². The fourth-order valence-electron chi connectivity index (χ4n) is 2.05. The minimum absolute atomic E-state index is 0.136. The van der Waals surface area contributed by atoms with Gasteiger partial charge in [0.05, 0.1) is 5.02 Å². The molecule has 0 aliphatic heterocycles. The van der Waals surface area contributed by atoms with Crippen LogP contribution in [0.3, 0.4) is 0 Å². The summed E-state index contributed by atoms with van der Waals surface area (Å²) in [5.74, 6) is 0.732. The Morgan fingerprint density at radius 1 is 1.24 bits per heavy atom. The van der Waals surface area contributed by atoms with E-state index in [0.29, 0.717) is 11.5 Å². The van der Waals surface area contributed by atoms with Crippen LogP contribution < -0.4 is 10.1 Å². The van der Waals surface area contributed by atoms with Gasteiger partial charge in [0, 0.05) is 16.1 Å². The van der Waals surface area contributed by atoms with E-state index in [1.807, 2.05) is 25.1 Å². The molecule has 1 unspecified atom stereocenters. The Kier molecular flexibility index (Phi) is 5.62. The summed E-state index contributed by atoms with van der Waals surface area (Å²) in [5, 5.41) is 3.59. The SMILES string of the molecule is CCNC(C)c1ccc(Br)cc1Oc1ccc(F)cc1Cl. The molecular weight excluding hydrogens is 357 g/mol. The monoisotopic (exact) mass is 371 g/mol. The lowest BCUT2D eigenvalue weighted by Gasteiger charge is -2.18. The van der Waals surface area contributed by atoms with Gasteiger partial charge in [-0.3, -0.25) is 0 Å². The van der Waals surface area contributed by atoms with Gasteiger partial charge in [-0.2, -0.15) is 0 Å². The summed E-state index contributed by atoms with van der Waals surface area (Å²) in [6.45, 7) is 4.96. The van der Waals surface area contributed by atoms with Crippen LogP contribution in [0.25, 0.3) is 0 Å². The van der Waals surface area contributed by atoms with E-state index in [1.165, 1.54) is 18.2 Å². The molecule has 0 aromatic heterocycles. The normalized spacial score (nSPS) is 12.2. The van der Waals surface area contributed by atoms with Gasteiger partial charge >= 0.3 is 0 Å². The molecule has 2 aromatic rings. The van der Waals surface area contributed by atoms with Gasteiger partial charge in [0.1, 0.15) is 17.3 Å². The molecule has 1 N–H and O–H groups in total. The molecular formula is C16H16BrClFNO. The third-order valence-corrected chi connectivity index (χ3v) is 3.85. The molecule has 0 fully saturated rings. The molecule has 0 saturated heterocycles. The lowest BCUT2D eigenvalue weighted by atomic mass is 10.1. The van der Waals surface area contributed by atoms with Crippen molar-refractivity contribution >= 4 is 27.5 Å². The van der Waals surface area contributed by atoms with Crippen molar-refractivity contribution in [3.63, 3.8) is 0 Å². The number of halogens is 3. The summed E-state index contributed by atoms with van der Waals surface area (Å²) in [5.41, 5.74) is 1.01. The Hall–Kier alpha value is -1.10. The first kappa shape index (κ1) is 16.3. The molecule has 2 nitrogen and oxygen atoms in total. The number of rotatable bonds is 5. The molecule has 112 valence electrons. The van der Waals surface area contributed by atoms with Gasteiger partial charge in [0.25, 0.3) is 0 Å². The molecule has 1 atom stereocenters. The molecule has 2 rings (SSSR count). The third-order valence-electron chi connectivity index (χ3n) is 3.07. The van der Waals surface area contributed by atoms with E-state index < -0.39 is 0 Å². The van der Waals surface area contributed by atoms with Gasteiger partial charge in [-0.1, -0.05) is 40.5 Å². The standard InChI is InChI=1S/C16H16BrClFNO/c1-3-20-10(2)13-6-4-11(17)8-16(13)21-15-7-5-12(19)9-14(15)18/h4-10,20H,3H2,1-2H3. The average Bonchev–Trinajstić information content (AvgIpc) is 2.42. The van der Waals surface area contributed by atoms with Gasteiger partial charge in [0.15, 0.2) is 0 Å². The maximum atomic E-state index is 13.1. The Morgan fingerprint density at radius 3 is 2.67 bits per heavy atom. The quantitative estimate of drug-likeness (QED) is 0.726. The first-order valence-electron chi connectivity index (χ1n) is 6.67. The van der Waals surface area contributed by atoms with Gasteiger partial charge in [0.2, 0.25) is 0 Å². The van der Waals surface area contributed by atoms with Crippen molar-refractivity contribution in [2.45, 2.75) is 19.9 Å². The van der Waals surface area contributed by atoms with E-state index in [-0.39, 0.29) is 16.9 Å². The minimum atomic E-state index is -0.386. The summed E-state index contributed by atoms with van der Waals surface area (Å²) >= 11 is 9.45. The van der Waals surface area contributed by atoms with Gasteiger partial charge < -0.3 is 10.1 Å². The van der Waals surface area contributed by atoms with Crippen molar-refractivity contribution in [1.29, 1.82) is 0 Å². The molecule has 2 aromatic carbocycles. The highest BCUT2D eigenvalue weighted by atomic mass is 79.9. The van der Waals surface area contributed by atoms with Crippen molar-refractivity contribution in [3.05, 3.63) is 57.3 Å². The molecule has 0 radical (unpaired) electrons. The zero-order valence-electron chi connectivity index (χ0n) is 11.8. The van der Waals surface area contributed by atoms with Gasteiger partial charge in [-0.05, 0) is 43.8 Å². The molecule has 21 heavy (non-hydrogen) atoms. The first-order valence-corrected chi connectivity index (χ1v) is 7.84. The van der Waals surface area contributed by atoms with Crippen LogP contribution in [-0.2, 0) is 0 Å². The van der Waals surface area contributed by atoms with Crippen molar-refractivity contribution in [1.82, 2.24) is 5.32 Å². The van der Waals surface area contributed by atoms with Crippen LogP contribution >= 0.6 is 27.5 Å². The lowest BCUT2D eigenvalue weighted by Crippen LogP contribution is -2.18. The zero-order chi connectivity index (χ0) is 15.4. The molecule has 0 heterocycles. The van der Waals surface area contributed by atoms with Crippen molar-refractivity contribution < 1.29 is 9.13 Å². The number of nitrogens with one attached hydrogen (secondary N) is 1. The highest BCUT2D eigenvalue weighted by Gasteiger charge is 2.13. The highest BCUT2D eigenvalue weighted by Crippen LogP contribution is 2.35. The summed E-state index contributed by atoms with van der Waals surface area (Å²) < 4.78 is 19.9. The molecule has 0 spiro atoms. The molecule has 5 heteroatoms. The highest BCUT2D eigenvalue weighted by molar-refractivity contribution is 9.10. The van der Waals surface area contributed by atoms with E-state index in [2.05, 4.69) is 28.2 Å². The molecule has 0 saturated carbocycles.